The first-order chi connectivity index (χ1) is 11.7. The highest BCUT2D eigenvalue weighted by Crippen LogP contribution is 2.19. The van der Waals surface area contributed by atoms with Gasteiger partial charge in [-0.1, -0.05) is 42.5 Å². The molecule has 0 saturated carbocycles. The molecule has 128 valence electrons. The molecular formula is C19H22O5. The fourth-order valence-corrected chi connectivity index (χ4v) is 2.09. The van der Waals surface area contributed by atoms with Crippen molar-refractivity contribution >= 4 is 5.97 Å². The lowest BCUT2D eigenvalue weighted by atomic mass is 10.2. The van der Waals surface area contributed by atoms with Crippen LogP contribution in [-0.2, 0) is 16.1 Å². The molecule has 0 aliphatic rings. The Morgan fingerprint density at radius 3 is 2.50 bits per heavy atom. The van der Waals surface area contributed by atoms with Gasteiger partial charge >= 0.3 is 5.97 Å². The van der Waals surface area contributed by atoms with Crippen molar-refractivity contribution in [1.29, 1.82) is 0 Å². The Bertz CT molecular complexity index is 627. The average Bonchev–Trinajstić information content (AvgIpc) is 2.61. The summed E-state index contributed by atoms with van der Waals surface area (Å²) < 4.78 is 16.0. The molecule has 1 N–H and O–H groups in total. The maximum absolute atomic E-state index is 11.8. The highest BCUT2D eigenvalue weighted by molar-refractivity contribution is 5.92. The van der Waals surface area contributed by atoms with Gasteiger partial charge in [-0.05, 0) is 24.6 Å². The molecule has 1 unspecified atom stereocenters. The van der Waals surface area contributed by atoms with E-state index < -0.39 is 12.1 Å². The summed E-state index contributed by atoms with van der Waals surface area (Å²) in [7, 11) is 0. The van der Waals surface area contributed by atoms with Crippen LogP contribution in [0.4, 0.5) is 0 Å². The van der Waals surface area contributed by atoms with Gasteiger partial charge in [-0.25, -0.2) is 4.79 Å². The number of carbonyl (C=O) groups excluding carboxylic acids is 1. The normalized spacial score (nSPS) is 11.8. The Balaban J connectivity index is 1.79. The van der Waals surface area contributed by atoms with Crippen LogP contribution in [0.2, 0.25) is 0 Å². The van der Waals surface area contributed by atoms with Gasteiger partial charge in [0.05, 0.1) is 19.8 Å². The second kappa shape index (κ2) is 9.70. The van der Waals surface area contributed by atoms with Crippen LogP contribution in [-0.4, -0.2) is 37.0 Å². The van der Waals surface area contributed by atoms with Gasteiger partial charge in [0.2, 0.25) is 0 Å². The molecule has 0 aliphatic carbocycles. The summed E-state index contributed by atoms with van der Waals surface area (Å²) in [6.45, 7) is 2.65. The molecule has 2 aromatic rings. The van der Waals surface area contributed by atoms with Crippen LogP contribution in [0, 0.1) is 0 Å². The first-order valence-corrected chi connectivity index (χ1v) is 7.89. The predicted octanol–water partition coefficient (Wildman–Crippen LogP) is 2.82. The second-order valence-electron chi connectivity index (χ2n) is 5.18. The number of benzene rings is 2. The molecule has 0 spiro atoms. The lowest BCUT2D eigenvalue weighted by Crippen LogP contribution is -2.24. The largest absolute Gasteiger partial charge is 0.490 e. The average molecular weight is 330 g/mol. The molecule has 24 heavy (non-hydrogen) atoms. The number of ether oxygens (including phenoxy) is 3. The van der Waals surface area contributed by atoms with Gasteiger partial charge in [0.1, 0.15) is 24.0 Å². The molecule has 2 aromatic carbocycles. The summed E-state index contributed by atoms with van der Waals surface area (Å²) in [6.07, 6.45) is -0.788. The van der Waals surface area contributed by atoms with E-state index in [1.165, 1.54) is 0 Å². The summed E-state index contributed by atoms with van der Waals surface area (Å²) >= 11 is 0. The molecule has 2 rings (SSSR count). The number of para-hydroxylation sites is 1. The van der Waals surface area contributed by atoms with Crippen molar-refractivity contribution in [1.82, 2.24) is 0 Å². The zero-order chi connectivity index (χ0) is 17.2. The molecule has 5 heteroatoms. The first-order valence-electron chi connectivity index (χ1n) is 7.89. The number of hydrogen-bond acceptors (Lipinski definition) is 5. The van der Waals surface area contributed by atoms with E-state index in [0.717, 1.165) is 5.56 Å². The third kappa shape index (κ3) is 5.68. The van der Waals surface area contributed by atoms with Crippen LogP contribution < -0.4 is 4.74 Å². The van der Waals surface area contributed by atoms with Crippen molar-refractivity contribution in [3.8, 4) is 5.75 Å². The summed E-state index contributed by atoms with van der Waals surface area (Å²) in [5, 5.41) is 9.96. The topological polar surface area (TPSA) is 65.0 Å². The van der Waals surface area contributed by atoms with Gasteiger partial charge in [0, 0.05) is 0 Å². The maximum Gasteiger partial charge on any atom is 0.341 e. The molecule has 0 aromatic heterocycles. The fourth-order valence-electron chi connectivity index (χ4n) is 2.09. The van der Waals surface area contributed by atoms with E-state index in [1.54, 1.807) is 31.2 Å². The standard InChI is InChI=1S/C19H22O5/c1-2-23-19(21)17-10-6-7-11-18(17)24-14-16(20)13-22-12-15-8-4-3-5-9-15/h3-11,16,20H,2,12-14H2,1H3. The quantitative estimate of drug-likeness (QED) is 0.716. The van der Waals surface area contributed by atoms with Gasteiger partial charge in [-0.3, -0.25) is 0 Å². The lowest BCUT2D eigenvalue weighted by Gasteiger charge is -2.14. The fraction of sp³-hybridized carbons (Fsp3) is 0.316. The van der Waals surface area contributed by atoms with E-state index in [2.05, 4.69) is 0 Å². The summed E-state index contributed by atoms with van der Waals surface area (Å²) in [5.74, 6) is -0.0547. The van der Waals surface area contributed by atoms with E-state index in [4.69, 9.17) is 14.2 Å². The Hall–Kier alpha value is -2.37. The van der Waals surface area contributed by atoms with E-state index in [1.807, 2.05) is 30.3 Å². The first kappa shape index (κ1) is 18.0. The zero-order valence-corrected chi connectivity index (χ0v) is 13.7. The van der Waals surface area contributed by atoms with E-state index >= 15 is 0 Å². The maximum atomic E-state index is 11.8. The zero-order valence-electron chi connectivity index (χ0n) is 13.7. The number of aliphatic hydroxyl groups is 1. The third-order valence-corrected chi connectivity index (χ3v) is 3.24. The smallest absolute Gasteiger partial charge is 0.341 e. The minimum absolute atomic E-state index is 0.0329. The number of hydrogen-bond donors (Lipinski definition) is 1. The molecular weight excluding hydrogens is 308 g/mol. The van der Waals surface area contributed by atoms with Crippen molar-refractivity contribution in [3.63, 3.8) is 0 Å². The Morgan fingerprint density at radius 2 is 1.75 bits per heavy atom. The molecule has 0 amide bonds. The highest BCUT2D eigenvalue weighted by Gasteiger charge is 2.14. The second-order valence-corrected chi connectivity index (χ2v) is 5.18. The Kier molecular flexibility index (Phi) is 7.26. The van der Waals surface area contributed by atoms with Crippen LogP contribution in [0.1, 0.15) is 22.8 Å². The molecule has 0 saturated heterocycles. The molecule has 0 bridgehead atoms. The van der Waals surface area contributed by atoms with Crippen molar-refractivity contribution in [2.24, 2.45) is 0 Å². The van der Waals surface area contributed by atoms with Crippen LogP contribution in [0.3, 0.4) is 0 Å². The van der Waals surface area contributed by atoms with Crippen LogP contribution in [0.15, 0.2) is 54.6 Å². The number of rotatable bonds is 9. The van der Waals surface area contributed by atoms with E-state index in [9.17, 15) is 9.90 Å². The molecule has 0 heterocycles. The number of aliphatic hydroxyl groups excluding tert-OH is 1. The van der Waals surface area contributed by atoms with Crippen molar-refractivity contribution in [2.45, 2.75) is 19.6 Å². The molecule has 1 atom stereocenters. The highest BCUT2D eigenvalue weighted by atomic mass is 16.5. The number of carbonyl (C=O) groups is 1. The minimum Gasteiger partial charge on any atom is -0.490 e. The molecule has 0 radical (unpaired) electrons. The van der Waals surface area contributed by atoms with Crippen LogP contribution in [0.5, 0.6) is 5.75 Å². The van der Waals surface area contributed by atoms with Gasteiger partial charge in [0.25, 0.3) is 0 Å². The summed E-state index contributed by atoms with van der Waals surface area (Å²) in [6, 6.07) is 16.5. The molecule has 0 aliphatic heterocycles. The van der Waals surface area contributed by atoms with Gasteiger partial charge in [-0.15, -0.1) is 0 Å². The SMILES string of the molecule is CCOC(=O)c1ccccc1OCC(O)COCc1ccccc1. The van der Waals surface area contributed by atoms with E-state index in [-0.39, 0.29) is 13.2 Å². The number of esters is 1. The van der Waals surface area contributed by atoms with Gasteiger partial charge in [-0.2, -0.15) is 0 Å². The van der Waals surface area contributed by atoms with Crippen LogP contribution >= 0.6 is 0 Å². The van der Waals surface area contributed by atoms with Crippen LogP contribution in [0.25, 0.3) is 0 Å². The molecule has 0 fully saturated rings. The third-order valence-electron chi connectivity index (χ3n) is 3.24. The monoisotopic (exact) mass is 330 g/mol. The van der Waals surface area contributed by atoms with Crippen molar-refractivity contribution in [3.05, 3.63) is 65.7 Å². The lowest BCUT2D eigenvalue weighted by molar-refractivity contribution is 0.00509. The van der Waals surface area contributed by atoms with Crippen molar-refractivity contribution < 1.29 is 24.1 Å². The summed E-state index contributed by atoms with van der Waals surface area (Å²) in [4.78, 5) is 11.8. The molecule has 5 nitrogen and oxygen atoms in total. The Labute approximate surface area is 141 Å². The minimum atomic E-state index is -0.788. The summed E-state index contributed by atoms with van der Waals surface area (Å²) in [5.41, 5.74) is 1.38. The van der Waals surface area contributed by atoms with Crippen molar-refractivity contribution in [2.75, 3.05) is 19.8 Å². The predicted molar refractivity (Wildman–Crippen MR) is 90.0 cm³/mol. The van der Waals surface area contributed by atoms with Gasteiger partial charge in [0.15, 0.2) is 0 Å². The van der Waals surface area contributed by atoms with E-state index in [0.29, 0.717) is 24.5 Å². The Morgan fingerprint density at radius 1 is 1.04 bits per heavy atom. The van der Waals surface area contributed by atoms with Gasteiger partial charge < -0.3 is 19.3 Å².